The fourth-order valence-electron chi connectivity index (χ4n) is 1.13. The molecule has 1 aromatic rings. The summed E-state index contributed by atoms with van der Waals surface area (Å²) in [6.45, 7) is 4.51. The lowest BCUT2D eigenvalue weighted by molar-refractivity contribution is -0.164. The molecular formula is C13H15NO4. The van der Waals surface area contributed by atoms with Crippen molar-refractivity contribution in [2.45, 2.75) is 13.3 Å². The van der Waals surface area contributed by atoms with Gasteiger partial charge in [0.2, 0.25) is 6.79 Å². The van der Waals surface area contributed by atoms with Gasteiger partial charge >= 0.3 is 11.9 Å². The number of hydrogen-bond donors (Lipinski definition) is 1. The normalized spacial score (nSPS) is 9.61. The Morgan fingerprint density at radius 1 is 1.22 bits per heavy atom. The summed E-state index contributed by atoms with van der Waals surface area (Å²) in [5.74, 6) is -1.07. The summed E-state index contributed by atoms with van der Waals surface area (Å²) in [6.07, 6.45) is 0.102. The van der Waals surface area contributed by atoms with Gasteiger partial charge in [-0.25, -0.2) is 4.79 Å². The Balaban J connectivity index is 2.32. The van der Waals surface area contributed by atoms with Crippen molar-refractivity contribution in [3.63, 3.8) is 0 Å². The molecule has 1 rings (SSSR count). The minimum absolute atomic E-state index is 0.102. The SMILES string of the molecule is C=C(C)C(=O)OCOC(=O)Cc1ccc(N)cc1. The van der Waals surface area contributed by atoms with Gasteiger partial charge < -0.3 is 15.2 Å². The quantitative estimate of drug-likeness (QED) is 0.369. The zero-order valence-corrected chi connectivity index (χ0v) is 10.1. The first-order chi connectivity index (χ1) is 8.49. The number of ether oxygens (including phenoxy) is 2. The fourth-order valence-corrected chi connectivity index (χ4v) is 1.13. The van der Waals surface area contributed by atoms with E-state index in [9.17, 15) is 9.59 Å². The zero-order valence-electron chi connectivity index (χ0n) is 10.1. The van der Waals surface area contributed by atoms with Crippen LogP contribution >= 0.6 is 0 Å². The topological polar surface area (TPSA) is 78.6 Å². The predicted molar refractivity (Wildman–Crippen MR) is 66.4 cm³/mol. The Morgan fingerprint density at radius 2 is 1.83 bits per heavy atom. The van der Waals surface area contributed by atoms with Crippen molar-refractivity contribution in [1.82, 2.24) is 0 Å². The Hall–Kier alpha value is -2.30. The second-order valence-electron chi connectivity index (χ2n) is 3.76. The summed E-state index contributed by atoms with van der Waals surface area (Å²) in [5.41, 5.74) is 7.18. The zero-order chi connectivity index (χ0) is 13.5. The molecule has 0 unspecified atom stereocenters. The minimum atomic E-state index is -0.588. The van der Waals surface area contributed by atoms with Crippen molar-refractivity contribution in [2.75, 3.05) is 12.5 Å². The van der Waals surface area contributed by atoms with Gasteiger partial charge in [-0.05, 0) is 24.6 Å². The van der Waals surface area contributed by atoms with E-state index in [4.69, 9.17) is 10.5 Å². The molecule has 0 fully saturated rings. The smallest absolute Gasteiger partial charge is 0.335 e. The molecule has 0 radical (unpaired) electrons. The number of esters is 2. The molecule has 0 aliphatic heterocycles. The first kappa shape index (κ1) is 13.8. The molecule has 0 heterocycles. The molecule has 18 heavy (non-hydrogen) atoms. The van der Waals surface area contributed by atoms with Crippen LogP contribution in [0.4, 0.5) is 5.69 Å². The number of benzene rings is 1. The molecule has 0 spiro atoms. The summed E-state index contributed by atoms with van der Waals surface area (Å²) >= 11 is 0. The lowest BCUT2D eigenvalue weighted by atomic mass is 10.1. The van der Waals surface area contributed by atoms with Crippen molar-refractivity contribution < 1.29 is 19.1 Å². The van der Waals surface area contributed by atoms with Crippen LogP contribution < -0.4 is 5.73 Å². The molecule has 96 valence electrons. The molecular weight excluding hydrogens is 234 g/mol. The van der Waals surface area contributed by atoms with Crippen LogP contribution in [0.25, 0.3) is 0 Å². The van der Waals surface area contributed by atoms with Crippen LogP contribution in [0.2, 0.25) is 0 Å². The monoisotopic (exact) mass is 249 g/mol. The lowest BCUT2D eigenvalue weighted by Gasteiger charge is -2.06. The molecule has 5 nitrogen and oxygen atoms in total. The third kappa shape index (κ3) is 4.69. The van der Waals surface area contributed by atoms with E-state index >= 15 is 0 Å². The second kappa shape index (κ2) is 6.44. The van der Waals surface area contributed by atoms with Crippen molar-refractivity contribution in [2.24, 2.45) is 0 Å². The van der Waals surface area contributed by atoms with Crippen LogP contribution in [0, 0.1) is 0 Å². The standard InChI is InChI=1S/C13H15NO4/c1-9(2)13(16)18-8-17-12(15)7-10-3-5-11(14)6-4-10/h3-6H,1,7-8,14H2,2H3. The van der Waals surface area contributed by atoms with Crippen LogP contribution in [-0.2, 0) is 25.5 Å². The highest BCUT2D eigenvalue weighted by molar-refractivity contribution is 5.86. The van der Waals surface area contributed by atoms with Crippen molar-refractivity contribution in [3.8, 4) is 0 Å². The first-order valence-corrected chi connectivity index (χ1v) is 5.31. The van der Waals surface area contributed by atoms with Gasteiger partial charge in [0.15, 0.2) is 0 Å². The third-order valence-electron chi connectivity index (χ3n) is 2.09. The number of anilines is 1. The van der Waals surface area contributed by atoms with Gasteiger partial charge in [-0.2, -0.15) is 0 Å². The minimum Gasteiger partial charge on any atom is -0.428 e. The number of hydrogen-bond acceptors (Lipinski definition) is 5. The van der Waals surface area contributed by atoms with Gasteiger partial charge in [0, 0.05) is 11.3 Å². The highest BCUT2D eigenvalue weighted by Crippen LogP contribution is 2.06. The molecule has 0 aromatic heterocycles. The Morgan fingerprint density at radius 3 is 2.39 bits per heavy atom. The average Bonchev–Trinajstić information content (AvgIpc) is 2.32. The molecule has 0 aliphatic rings. The third-order valence-corrected chi connectivity index (χ3v) is 2.09. The van der Waals surface area contributed by atoms with Gasteiger partial charge in [-0.3, -0.25) is 4.79 Å². The van der Waals surface area contributed by atoms with Gasteiger partial charge in [0.25, 0.3) is 0 Å². The van der Waals surface area contributed by atoms with Crippen molar-refractivity contribution >= 4 is 17.6 Å². The number of rotatable bonds is 5. The van der Waals surface area contributed by atoms with E-state index in [1.807, 2.05) is 0 Å². The van der Waals surface area contributed by atoms with Crippen LogP contribution in [0.15, 0.2) is 36.4 Å². The maximum Gasteiger partial charge on any atom is 0.335 e. The molecule has 0 amide bonds. The molecule has 0 aliphatic carbocycles. The summed E-state index contributed by atoms with van der Waals surface area (Å²) in [6, 6.07) is 6.86. The van der Waals surface area contributed by atoms with Crippen LogP contribution in [-0.4, -0.2) is 18.7 Å². The Kier molecular flexibility index (Phi) is 4.92. The van der Waals surface area contributed by atoms with E-state index in [0.29, 0.717) is 5.69 Å². The maximum atomic E-state index is 11.4. The second-order valence-corrected chi connectivity index (χ2v) is 3.76. The maximum absolute atomic E-state index is 11.4. The van der Waals surface area contributed by atoms with Gasteiger partial charge in [0.1, 0.15) is 0 Å². The molecule has 1 aromatic carbocycles. The number of nitrogen functional groups attached to an aromatic ring is 1. The van der Waals surface area contributed by atoms with Gasteiger partial charge in [-0.15, -0.1) is 0 Å². The first-order valence-electron chi connectivity index (χ1n) is 5.31. The van der Waals surface area contributed by atoms with Gasteiger partial charge in [-0.1, -0.05) is 18.7 Å². The van der Waals surface area contributed by atoms with Crippen LogP contribution in [0.1, 0.15) is 12.5 Å². The van der Waals surface area contributed by atoms with E-state index < -0.39 is 18.7 Å². The van der Waals surface area contributed by atoms with E-state index in [1.54, 1.807) is 24.3 Å². The fraction of sp³-hybridized carbons (Fsp3) is 0.231. The van der Waals surface area contributed by atoms with Crippen molar-refractivity contribution in [1.29, 1.82) is 0 Å². The lowest BCUT2D eigenvalue weighted by Crippen LogP contribution is -2.14. The number of nitrogens with two attached hydrogens (primary N) is 1. The van der Waals surface area contributed by atoms with E-state index in [-0.39, 0.29) is 12.0 Å². The average molecular weight is 249 g/mol. The number of carbonyl (C=O) groups is 2. The van der Waals surface area contributed by atoms with Crippen LogP contribution in [0.3, 0.4) is 0 Å². The van der Waals surface area contributed by atoms with Crippen molar-refractivity contribution in [3.05, 3.63) is 42.0 Å². The summed E-state index contributed by atoms with van der Waals surface area (Å²) in [5, 5.41) is 0. The molecule has 0 saturated heterocycles. The Bertz CT molecular complexity index is 451. The largest absolute Gasteiger partial charge is 0.428 e. The molecule has 5 heteroatoms. The van der Waals surface area contributed by atoms with E-state index in [0.717, 1.165) is 5.56 Å². The Labute approximate surface area is 105 Å². The van der Waals surface area contributed by atoms with Gasteiger partial charge in [0.05, 0.1) is 6.42 Å². The highest BCUT2D eigenvalue weighted by atomic mass is 16.7. The summed E-state index contributed by atoms with van der Waals surface area (Å²) in [7, 11) is 0. The summed E-state index contributed by atoms with van der Waals surface area (Å²) in [4.78, 5) is 22.4. The molecule has 2 N–H and O–H groups in total. The highest BCUT2D eigenvalue weighted by Gasteiger charge is 2.07. The molecule has 0 saturated carbocycles. The molecule has 0 atom stereocenters. The molecule has 0 bridgehead atoms. The predicted octanol–water partition coefficient (Wildman–Crippen LogP) is 1.43. The summed E-state index contributed by atoms with van der Waals surface area (Å²) < 4.78 is 9.37. The van der Waals surface area contributed by atoms with E-state index in [2.05, 4.69) is 11.3 Å². The van der Waals surface area contributed by atoms with E-state index in [1.165, 1.54) is 6.92 Å². The number of carbonyl (C=O) groups excluding carboxylic acids is 2. The van der Waals surface area contributed by atoms with Crippen LogP contribution in [0.5, 0.6) is 0 Å².